The molecule has 0 saturated heterocycles. The van der Waals surface area contributed by atoms with E-state index in [1.165, 1.54) is 42.5 Å². The third-order valence-corrected chi connectivity index (χ3v) is 5.27. The average molecular weight is 369 g/mol. The van der Waals surface area contributed by atoms with Crippen molar-refractivity contribution >= 4 is 11.8 Å². The van der Waals surface area contributed by atoms with Gasteiger partial charge < -0.3 is 5.32 Å². The number of hydrogen-bond acceptors (Lipinski definition) is 3. The maximum absolute atomic E-state index is 13.7. The van der Waals surface area contributed by atoms with Crippen molar-refractivity contribution in [3.05, 3.63) is 41.8 Å². The van der Waals surface area contributed by atoms with E-state index in [9.17, 15) is 9.18 Å². The molecule has 27 heavy (non-hydrogen) atoms. The molecule has 1 saturated carbocycles. The Balaban J connectivity index is 1.54. The second-order valence-electron chi connectivity index (χ2n) is 7.08. The molecule has 3 rings (SSSR count). The molecule has 1 heterocycles. The Morgan fingerprint density at radius 2 is 2.19 bits per heavy atom. The Morgan fingerprint density at radius 3 is 2.96 bits per heavy atom. The van der Waals surface area contributed by atoms with Crippen LogP contribution >= 0.6 is 0 Å². The molecule has 7 heteroatoms. The number of nitrogens with zero attached hydrogens (tertiary/aromatic N) is 3. The molecule has 0 spiro atoms. The highest BCUT2D eigenvalue weighted by Crippen LogP contribution is 2.31. The van der Waals surface area contributed by atoms with Crippen LogP contribution in [0.2, 0.25) is 0 Å². The van der Waals surface area contributed by atoms with Crippen LogP contribution in [0.5, 0.6) is 0 Å². The normalized spacial score (nSPS) is 19.3. The van der Waals surface area contributed by atoms with E-state index in [0.29, 0.717) is 24.0 Å². The van der Waals surface area contributed by atoms with E-state index >= 15 is 0 Å². The summed E-state index contributed by atoms with van der Waals surface area (Å²) in [7, 11) is 0. The van der Waals surface area contributed by atoms with E-state index in [1.807, 2.05) is 6.07 Å². The van der Waals surface area contributed by atoms with Gasteiger partial charge in [-0.2, -0.15) is 5.26 Å². The number of anilines is 1. The van der Waals surface area contributed by atoms with E-state index in [4.69, 9.17) is 5.26 Å². The number of carbonyl (C=O) groups is 1. The minimum Gasteiger partial charge on any atom is -0.338 e. The number of urea groups is 1. The molecule has 2 N–H and O–H groups in total. The van der Waals surface area contributed by atoms with Gasteiger partial charge in [0.15, 0.2) is 5.82 Å². The standard InChI is InChI=1S/C20H24FN5O/c1-14-5-2-3-6-15(14)9-11-23-20(27)24-19-10-12-26(25-19)18-8-4-7-17(21)16(18)13-22/h4,7-8,10,12,14-15H,2-3,5-6,9,11H2,1H3,(H2,23,24,25,27). The van der Waals surface area contributed by atoms with Crippen LogP contribution in [0, 0.1) is 29.0 Å². The number of nitriles is 1. The Labute approximate surface area is 158 Å². The topological polar surface area (TPSA) is 82.7 Å². The zero-order valence-electron chi connectivity index (χ0n) is 15.4. The fourth-order valence-corrected chi connectivity index (χ4v) is 3.69. The number of aromatic nitrogens is 2. The van der Waals surface area contributed by atoms with Crippen molar-refractivity contribution in [3.8, 4) is 11.8 Å². The molecule has 1 aliphatic carbocycles. The maximum Gasteiger partial charge on any atom is 0.320 e. The number of benzene rings is 1. The van der Waals surface area contributed by atoms with Crippen molar-refractivity contribution < 1.29 is 9.18 Å². The molecule has 1 aromatic carbocycles. The van der Waals surface area contributed by atoms with E-state index < -0.39 is 5.82 Å². The number of hydrogen-bond donors (Lipinski definition) is 2. The van der Waals surface area contributed by atoms with Gasteiger partial charge in [0.25, 0.3) is 0 Å². The molecule has 142 valence electrons. The minimum atomic E-state index is -0.602. The van der Waals surface area contributed by atoms with Gasteiger partial charge in [-0.15, -0.1) is 5.10 Å². The lowest BCUT2D eigenvalue weighted by molar-refractivity contribution is 0.233. The van der Waals surface area contributed by atoms with Crippen molar-refractivity contribution in [1.29, 1.82) is 5.26 Å². The summed E-state index contributed by atoms with van der Waals surface area (Å²) in [5.41, 5.74) is 0.246. The second kappa shape index (κ2) is 8.67. The van der Waals surface area contributed by atoms with Gasteiger partial charge in [-0.1, -0.05) is 38.7 Å². The van der Waals surface area contributed by atoms with Gasteiger partial charge >= 0.3 is 6.03 Å². The summed E-state index contributed by atoms with van der Waals surface area (Å²) in [6, 6.07) is 7.47. The van der Waals surface area contributed by atoms with Crippen LogP contribution in [0.3, 0.4) is 0 Å². The molecule has 0 aliphatic heterocycles. The predicted molar refractivity (Wildman–Crippen MR) is 101 cm³/mol. The SMILES string of the molecule is CC1CCCCC1CCNC(=O)Nc1ccn(-c2cccc(F)c2C#N)n1. The summed E-state index contributed by atoms with van der Waals surface area (Å²) in [6.45, 7) is 2.92. The highest BCUT2D eigenvalue weighted by molar-refractivity contribution is 5.88. The first-order valence-electron chi connectivity index (χ1n) is 9.38. The average Bonchev–Trinajstić information content (AvgIpc) is 3.11. The third kappa shape index (κ3) is 4.64. The summed E-state index contributed by atoms with van der Waals surface area (Å²) in [6.07, 6.45) is 7.67. The van der Waals surface area contributed by atoms with Gasteiger partial charge in [0.2, 0.25) is 0 Å². The van der Waals surface area contributed by atoms with Crippen molar-refractivity contribution in [3.63, 3.8) is 0 Å². The van der Waals surface area contributed by atoms with Crippen molar-refractivity contribution in [1.82, 2.24) is 15.1 Å². The van der Waals surface area contributed by atoms with Crippen molar-refractivity contribution in [2.75, 3.05) is 11.9 Å². The molecule has 0 bridgehead atoms. The number of nitrogens with one attached hydrogen (secondary N) is 2. The van der Waals surface area contributed by atoms with Crippen LogP contribution in [0.1, 0.15) is 44.6 Å². The van der Waals surface area contributed by atoms with Gasteiger partial charge in [-0.25, -0.2) is 13.9 Å². The van der Waals surface area contributed by atoms with Gasteiger partial charge in [-0.05, 0) is 30.4 Å². The molecule has 2 amide bonds. The van der Waals surface area contributed by atoms with Crippen LogP contribution in [0.4, 0.5) is 15.0 Å². The fraction of sp³-hybridized carbons (Fsp3) is 0.450. The highest BCUT2D eigenvalue weighted by atomic mass is 19.1. The molecular formula is C20H24FN5O. The van der Waals surface area contributed by atoms with Crippen molar-refractivity contribution in [2.24, 2.45) is 11.8 Å². The third-order valence-electron chi connectivity index (χ3n) is 5.27. The van der Waals surface area contributed by atoms with Crippen LogP contribution in [0.15, 0.2) is 30.5 Å². The molecule has 1 aliphatic rings. The molecule has 0 radical (unpaired) electrons. The molecule has 1 fully saturated rings. The number of halogens is 1. The van der Waals surface area contributed by atoms with Crippen LogP contribution in [-0.2, 0) is 0 Å². The summed E-state index contributed by atoms with van der Waals surface area (Å²) in [5.74, 6) is 1.14. The molecule has 1 aromatic heterocycles. The Kier molecular flexibility index (Phi) is 6.07. The Hall–Kier alpha value is -2.88. The zero-order chi connectivity index (χ0) is 19.2. The van der Waals surface area contributed by atoms with E-state index in [2.05, 4.69) is 22.7 Å². The summed E-state index contributed by atoms with van der Waals surface area (Å²) < 4.78 is 15.1. The van der Waals surface area contributed by atoms with E-state index in [0.717, 1.165) is 12.3 Å². The number of carbonyl (C=O) groups excluding carboxylic acids is 1. The number of amides is 2. The van der Waals surface area contributed by atoms with Crippen molar-refractivity contribution in [2.45, 2.75) is 39.0 Å². The lowest BCUT2D eigenvalue weighted by Gasteiger charge is -2.28. The number of rotatable bonds is 5. The maximum atomic E-state index is 13.7. The first kappa shape index (κ1) is 18.9. The van der Waals surface area contributed by atoms with E-state index in [1.54, 1.807) is 18.3 Å². The van der Waals surface area contributed by atoms with Gasteiger partial charge in [0.1, 0.15) is 17.4 Å². The predicted octanol–water partition coefficient (Wildman–Crippen LogP) is 4.22. The van der Waals surface area contributed by atoms with E-state index in [-0.39, 0.29) is 11.6 Å². The first-order chi connectivity index (χ1) is 13.1. The Bertz CT molecular complexity index is 841. The summed E-state index contributed by atoms with van der Waals surface area (Å²) in [5, 5.41) is 18.9. The monoisotopic (exact) mass is 369 g/mol. The molecular weight excluding hydrogens is 345 g/mol. The minimum absolute atomic E-state index is 0.0850. The quantitative estimate of drug-likeness (QED) is 0.828. The lowest BCUT2D eigenvalue weighted by atomic mass is 9.79. The molecule has 2 unspecified atom stereocenters. The molecule has 2 aromatic rings. The summed E-state index contributed by atoms with van der Waals surface area (Å²) >= 11 is 0. The van der Waals surface area contributed by atoms with Gasteiger partial charge in [0.05, 0.1) is 5.69 Å². The zero-order valence-corrected chi connectivity index (χ0v) is 15.4. The smallest absolute Gasteiger partial charge is 0.320 e. The molecule has 6 nitrogen and oxygen atoms in total. The fourth-order valence-electron chi connectivity index (χ4n) is 3.69. The van der Waals surface area contributed by atoms with Crippen LogP contribution in [-0.4, -0.2) is 22.4 Å². The van der Waals surface area contributed by atoms with Crippen LogP contribution < -0.4 is 10.6 Å². The molecule has 2 atom stereocenters. The second-order valence-corrected chi connectivity index (χ2v) is 7.08. The lowest BCUT2D eigenvalue weighted by Crippen LogP contribution is -2.32. The largest absolute Gasteiger partial charge is 0.338 e. The highest BCUT2D eigenvalue weighted by Gasteiger charge is 2.21. The Morgan fingerprint density at radius 1 is 1.37 bits per heavy atom. The summed E-state index contributed by atoms with van der Waals surface area (Å²) in [4.78, 5) is 12.1. The van der Waals surface area contributed by atoms with Crippen LogP contribution in [0.25, 0.3) is 5.69 Å². The first-order valence-corrected chi connectivity index (χ1v) is 9.38. The van der Waals surface area contributed by atoms with Gasteiger partial charge in [0, 0.05) is 18.8 Å². The van der Waals surface area contributed by atoms with Gasteiger partial charge in [-0.3, -0.25) is 5.32 Å².